The van der Waals surface area contributed by atoms with E-state index in [2.05, 4.69) is 33.9 Å². The number of carbonyl (C=O) groups excluding carboxylic acids is 1. The number of hydrogen-bond donors (Lipinski definition) is 0. The van der Waals surface area contributed by atoms with Crippen LogP contribution in [0, 0.1) is 0 Å². The van der Waals surface area contributed by atoms with Crippen molar-refractivity contribution in [3.05, 3.63) is 29.8 Å². The van der Waals surface area contributed by atoms with Gasteiger partial charge in [0.15, 0.2) is 5.78 Å². The van der Waals surface area contributed by atoms with Gasteiger partial charge in [-0.25, -0.2) is 0 Å². The van der Waals surface area contributed by atoms with Gasteiger partial charge in [0.1, 0.15) is 5.75 Å². The fraction of sp³-hybridized carbons (Fsp3) is 0.500. The third-order valence-corrected chi connectivity index (χ3v) is 7.78. The van der Waals surface area contributed by atoms with Crippen LogP contribution >= 0.6 is 0 Å². The zero-order valence-electron chi connectivity index (χ0n) is 11.6. The Morgan fingerprint density at radius 2 is 1.71 bits per heavy atom. The highest BCUT2D eigenvalue weighted by molar-refractivity contribution is 6.74. The SMILES string of the molecule is CC(=O)c1ccccc1O[Si](C)(C)C(C)(C)C. The summed E-state index contributed by atoms with van der Waals surface area (Å²) in [4.78, 5) is 11.5. The Morgan fingerprint density at radius 3 is 2.18 bits per heavy atom. The first-order valence-electron chi connectivity index (χ1n) is 5.94. The van der Waals surface area contributed by atoms with E-state index < -0.39 is 8.32 Å². The van der Waals surface area contributed by atoms with Crippen LogP contribution in [0.25, 0.3) is 0 Å². The Labute approximate surface area is 105 Å². The summed E-state index contributed by atoms with van der Waals surface area (Å²) >= 11 is 0. The maximum atomic E-state index is 11.5. The molecule has 0 amide bonds. The van der Waals surface area contributed by atoms with Crippen LogP contribution in [-0.2, 0) is 0 Å². The number of benzene rings is 1. The largest absolute Gasteiger partial charge is 0.543 e. The normalized spacial score (nSPS) is 12.4. The molecule has 0 fully saturated rings. The van der Waals surface area contributed by atoms with Crippen molar-refractivity contribution in [2.24, 2.45) is 0 Å². The summed E-state index contributed by atoms with van der Waals surface area (Å²) in [7, 11) is -1.88. The first-order chi connectivity index (χ1) is 7.65. The smallest absolute Gasteiger partial charge is 0.250 e. The van der Waals surface area contributed by atoms with E-state index in [4.69, 9.17) is 4.43 Å². The lowest BCUT2D eigenvalue weighted by molar-refractivity contribution is 0.101. The van der Waals surface area contributed by atoms with Gasteiger partial charge in [0.05, 0.1) is 5.56 Å². The van der Waals surface area contributed by atoms with Crippen molar-refractivity contribution in [2.75, 3.05) is 0 Å². The van der Waals surface area contributed by atoms with Gasteiger partial charge in [0, 0.05) is 0 Å². The molecule has 1 rings (SSSR count). The molecule has 2 nitrogen and oxygen atoms in total. The lowest BCUT2D eigenvalue weighted by Gasteiger charge is -2.36. The molecule has 0 radical (unpaired) electrons. The molecule has 0 bridgehead atoms. The average molecular weight is 250 g/mol. The highest BCUT2D eigenvalue weighted by atomic mass is 28.4. The summed E-state index contributed by atoms with van der Waals surface area (Å²) in [6.07, 6.45) is 0. The lowest BCUT2D eigenvalue weighted by atomic mass is 10.1. The van der Waals surface area contributed by atoms with Crippen molar-refractivity contribution in [2.45, 2.75) is 45.8 Å². The predicted octanol–water partition coefficient (Wildman–Crippen LogP) is 4.27. The highest BCUT2D eigenvalue weighted by Crippen LogP contribution is 2.38. The summed E-state index contributed by atoms with van der Waals surface area (Å²) in [5.41, 5.74) is 0.678. The van der Waals surface area contributed by atoms with Crippen LogP contribution in [0.2, 0.25) is 18.1 Å². The molecule has 0 spiro atoms. The van der Waals surface area contributed by atoms with E-state index in [0.29, 0.717) is 5.56 Å². The minimum atomic E-state index is -1.88. The van der Waals surface area contributed by atoms with Gasteiger partial charge in [0.25, 0.3) is 8.32 Å². The molecule has 1 aromatic rings. The summed E-state index contributed by atoms with van der Waals surface area (Å²) in [6.45, 7) is 12.5. The molecule has 0 aliphatic heterocycles. The van der Waals surface area contributed by atoms with Gasteiger partial charge < -0.3 is 4.43 Å². The highest BCUT2D eigenvalue weighted by Gasteiger charge is 2.39. The van der Waals surface area contributed by atoms with Gasteiger partial charge in [-0.3, -0.25) is 4.79 Å². The molecule has 0 saturated carbocycles. The van der Waals surface area contributed by atoms with Crippen LogP contribution < -0.4 is 4.43 Å². The molecule has 0 aliphatic rings. The zero-order chi connectivity index (χ0) is 13.3. The average Bonchev–Trinajstić information content (AvgIpc) is 2.15. The third kappa shape index (κ3) is 3.19. The summed E-state index contributed by atoms with van der Waals surface area (Å²) < 4.78 is 6.18. The summed E-state index contributed by atoms with van der Waals surface area (Å²) in [5, 5.41) is 0.136. The molecule has 17 heavy (non-hydrogen) atoms. The molecule has 0 saturated heterocycles. The van der Waals surface area contributed by atoms with Crippen LogP contribution in [0.15, 0.2) is 24.3 Å². The van der Waals surface area contributed by atoms with Crippen molar-refractivity contribution in [1.29, 1.82) is 0 Å². The first-order valence-corrected chi connectivity index (χ1v) is 8.85. The van der Waals surface area contributed by atoms with Crippen LogP contribution in [0.4, 0.5) is 0 Å². The number of rotatable bonds is 3. The zero-order valence-corrected chi connectivity index (χ0v) is 12.6. The maximum absolute atomic E-state index is 11.5. The van der Waals surface area contributed by atoms with Crippen molar-refractivity contribution >= 4 is 14.1 Å². The molecule has 0 N–H and O–H groups in total. The summed E-state index contributed by atoms with van der Waals surface area (Å²) in [6, 6.07) is 7.49. The Balaban J connectivity index is 3.08. The standard InChI is InChI=1S/C14H22O2Si/c1-11(15)12-9-7-8-10-13(12)16-17(5,6)14(2,3)4/h7-10H,1-6H3. The lowest BCUT2D eigenvalue weighted by Crippen LogP contribution is -2.44. The van der Waals surface area contributed by atoms with Gasteiger partial charge in [-0.15, -0.1) is 0 Å². The van der Waals surface area contributed by atoms with E-state index in [0.717, 1.165) is 5.75 Å². The monoisotopic (exact) mass is 250 g/mol. The third-order valence-electron chi connectivity index (χ3n) is 3.44. The topological polar surface area (TPSA) is 26.3 Å². The van der Waals surface area contributed by atoms with Crippen LogP contribution in [-0.4, -0.2) is 14.1 Å². The molecular formula is C14H22O2Si. The Morgan fingerprint density at radius 1 is 1.18 bits per heavy atom. The minimum absolute atomic E-state index is 0.0549. The van der Waals surface area contributed by atoms with Gasteiger partial charge in [-0.1, -0.05) is 32.9 Å². The second-order valence-corrected chi connectivity index (χ2v) is 10.6. The van der Waals surface area contributed by atoms with E-state index in [1.807, 2.05) is 24.3 Å². The van der Waals surface area contributed by atoms with E-state index in [1.54, 1.807) is 6.92 Å². The summed E-state index contributed by atoms with van der Waals surface area (Å²) in [5.74, 6) is 0.783. The molecule has 1 aromatic carbocycles. The van der Waals surface area contributed by atoms with Crippen molar-refractivity contribution in [3.63, 3.8) is 0 Å². The van der Waals surface area contributed by atoms with Crippen LogP contribution in [0.1, 0.15) is 38.1 Å². The minimum Gasteiger partial charge on any atom is -0.543 e. The fourth-order valence-corrected chi connectivity index (χ4v) is 2.31. The van der Waals surface area contributed by atoms with Crippen molar-refractivity contribution < 1.29 is 9.22 Å². The Bertz CT molecular complexity index is 416. The van der Waals surface area contributed by atoms with Crippen LogP contribution in [0.3, 0.4) is 0 Å². The van der Waals surface area contributed by atoms with Crippen molar-refractivity contribution in [3.8, 4) is 5.75 Å². The van der Waals surface area contributed by atoms with Gasteiger partial charge in [-0.2, -0.15) is 0 Å². The molecule has 0 aromatic heterocycles. The fourth-order valence-electron chi connectivity index (χ4n) is 1.27. The van der Waals surface area contributed by atoms with E-state index >= 15 is 0 Å². The number of ketones is 1. The number of Topliss-reactive ketones (excluding diaryl/α,β-unsaturated/α-hetero) is 1. The second-order valence-electron chi connectivity index (χ2n) is 5.91. The van der Waals surface area contributed by atoms with E-state index in [9.17, 15) is 4.79 Å². The first kappa shape index (κ1) is 14.0. The van der Waals surface area contributed by atoms with E-state index in [-0.39, 0.29) is 10.8 Å². The number of hydrogen-bond acceptors (Lipinski definition) is 2. The van der Waals surface area contributed by atoms with Gasteiger partial charge >= 0.3 is 0 Å². The predicted molar refractivity (Wildman–Crippen MR) is 74.3 cm³/mol. The molecule has 3 heteroatoms. The quantitative estimate of drug-likeness (QED) is 0.591. The molecule has 94 valence electrons. The van der Waals surface area contributed by atoms with Crippen LogP contribution in [0.5, 0.6) is 5.75 Å². The number of para-hydroxylation sites is 1. The Kier molecular flexibility index (Phi) is 3.82. The van der Waals surface area contributed by atoms with Crippen molar-refractivity contribution in [1.82, 2.24) is 0 Å². The molecule has 0 aliphatic carbocycles. The number of carbonyl (C=O) groups is 1. The Hall–Kier alpha value is -1.09. The maximum Gasteiger partial charge on any atom is 0.250 e. The molecule has 0 atom stereocenters. The molecule has 0 unspecified atom stereocenters. The second kappa shape index (κ2) is 4.65. The molecule has 0 heterocycles. The van der Waals surface area contributed by atoms with E-state index in [1.165, 1.54) is 0 Å². The molecular weight excluding hydrogens is 228 g/mol. The van der Waals surface area contributed by atoms with Gasteiger partial charge in [-0.05, 0) is 37.2 Å². The van der Waals surface area contributed by atoms with Gasteiger partial charge in [0.2, 0.25) is 0 Å².